The van der Waals surface area contributed by atoms with Crippen LogP contribution in [-0.4, -0.2) is 18.0 Å². The van der Waals surface area contributed by atoms with Gasteiger partial charge >= 0.3 is 0 Å². The lowest BCUT2D eigenvalue weighted by Gasteiger charge is -2.15. The molecular formula is C16H16N2O2. The second kappa shape index (κ2) is 4.96. The predicted molar refractivity (Wildman–Crippen MR) is 76.8 cm³/mol. The van der Waals surface area contributed by atoms with Crippen molar-refractivity contribution in [2.24, 2.45) is 0 Å². The fraction of sp³-hybridized carbons (Fsp3) is 0.250. The standard InChI is InChI=1S/C16H16N2O2/c1-20-14-8-7-13(11-17-14)18-15(19)16(9-10-16)12-5-3-2-4-6-12/h2-8,11H,9-10H2,1H3,(H,18,19). The van der Waals surface area contributed by atoms with Crippen molar-refractivity contribution in [2.75, 3.05) is 12.4 Å². The van der Waals surface area contributed by atoms with E-state index in [0.29, 0.717) is 11.6 Å². The Labute approximate surface area is 117 Å². The molecule has 1 N–H and O–H groups in total. The lowest BCUT2D eigenvalue weighted by atomic mass is 9.95. The van der Waals surface area contributed by atoms with Crippen LogP contribution in [-0.2, 0) is 10.2 Å². The van der Waals surface area contributed by atoms with Crippen molar-refractivity contribution in [1.82, 2.24) is 4.98 Å². The van der Waals surface area contributed by atoms with Crippen LogP contribution in [0.4, 0.5) is 5.69 Å². The Morgan fingerprint density at radius 1 is 1.20 bits per heavy atom. The number of hydrogen-bond donors (Lipinski definition) is 1. The Balaban J connectivity index is 1.76. The lowest BCUT2D eigenvalue weighted by Crippen LogP contribution is -2.27. The molecule has 1 fully saturated rings. The van der Waals surface area contributed by atoms with Crippen LogP contribution < -0.4 is 10.1 Å². The van der Waals surface area contributed by atoms with Gasteiger partial charge in [-0.05, 0) is 24.5 Å². The Kier molecular flexibility index (Phi) is 3.14. The van der Waals surface area contributed by atoms with Crippen LogP contribution in [0, 0.1) is 0 Å². The molecule has 1 amide bonds. The van der Waals surface area contributed by atoms with Crippen LogP contribution in [0.15, 0.2) is 48.7 Å². The molecule has 1 aromatic heterocycles. The van der Waals surface area contributed by atoms with Gasteiger partial charge in [0.2, 0.25) is 11.8 Å². The van der Waals surface area contributed by atoms with Crippen LogP contribution >= 0.6 is 0 Å². The van der Waals surface area contributed by atoms with Crippen molar-refractivity contribution in [3.8, 4) is 5.88 Å². The minimum Gasteiger partial charge on any atom is -0.481 e. The van der Waals surface area contributed by atoms with Gasteiger partial charge in [-0.15, -0.1) is 0 Å². The number of carbonyl (C=O) groups is 1. The molecule has 1 aromatic carbocycles. The molecule has 1 saturated carbocycles. The summed E-state index contributed by atoms with van der Waals surface area (Å²) in [5, 5.41) is 2.94. The first-order valence-electron chi connectivity index (χ1n) is 6.62. The van der Waals surface area contributed by atoms with E-state index in [9.17, 15) is 4.79 Å². The number of nitrogens with zero attached hydrogens (tertiary/aromatic N) is 1. The predicted octanol–water partition coefficient (Wildman–Crippen LogP) is 2.76. The maximum Gasteiger partial charge on any atom is 0.235 e. The van der Waals surface area contributed by atoms with E-state index in [1.165, 1.54) is 0 Å². The van der Waals surface area contributed by atoms with Crippen molar-refractivity contribution < 1.29 is 9.53 Å². The highest BCUT2D eigenvalue weighted by molar-refractivity contribution is 6.01. The first-order valence-corrected chi connectivity index (χ1v) is 6.62. The zero-order chi connectivity index (χ0) is 14.0. The third-order valence-corrected chi connectivity index (χ3v) is 3.71. The minimum absolute atomic E-state index is 0.0377. The Hall–Kier alpha value is -2.36. The average Bonchev–Trinajstić information content (AvgIpc) is 3.31. The molecule has 0 saturated heterocycles. The minimum atomic E-state index is -0.360. The second-order valence-corrected chi connectivity index (χ2v) is 4.99. The monoisotopic (exact) mass is 268 g/mol. The third kappa shape index (κ3) is 2.25. The largest absolute Gasteiger partial charge is 0.481 e. The molecule has 1 aliphatic carbocycles. The molecule has 1 heterocycles. The maximum absolute atomic E-state index is 12.5. The lowest BCUT2D eigenvalue weighted by molar-refractivity contribution is -0.118. The number of pyridine rings is 1. The smallest absolute Gasteiger partial charge is 0.235 e. The van der Waals surface area contributed by atoms with E-state index >= 15 is 0 Å². The van der Waals surface area contributed by atoms with Crippen molar-refractivity contribution in [2.45, 2.75) is 18.3 Å². The summed E-state index contributed by atoms with van der Waals surface area (Å²) in [6.45, 7) is 0. The van der Waals surface area contributed by atoms with Crippen molar-refractivity contribution in [3.63, 3.8) is 0 Å². The van der Waals surface area contributed by atoms with E-state index in [1.54, 1.807) is 25.4 Å². The number of methoxy groups -OCH3 is 1. The highest BCUT2D eigenvalue weighted by atomic mass is 16.5. The van der Waals surface area contributed by atoms with Crippen LogP contribution in [0.3, 0.4) is 0 Å². The molecule has 0 spiro atoms. The molecule has 4 nitrogen and oxygen atoms in total. The topological polar surface area (TPSA) is 51.2 Å². The summed E-state index contributed by atoms with van der Waals surface area (Å²) in [4.78, 5) is 16.6. The second-order valence-electron chi connectivity index (χ2n) is 4.99. The number of anilines is 1. The van der Waals surface area contributed by atoms with Crippen molar-refractivity contribution in [1.29, 1.82) is 0 Å². The number of ether oxygens (including phenoxy) is 1. The molecule has 3 rings (SSSR count). The summed E-state index contributed by atoms with van der Waals surface area (Å²) in [5.74, 6) is 0.572. The molecule has 0 atom stereocenters. The molecule has 0 bridgehead atoms. The number of carbonyl (C=O) groups excluding carboxylic acids is 1. The van der Waals surface area contributed by atoms with E-state index in [2.05, 4.69) is 10.3 Å². The molecule has 0 radical (unpaired) electrons. The highest BCUT2D eigenvalue weighted by Gasteiger charge is 2.51. The van der Waals surface area contributed by atoms with Gasteiger partial charge in [0.05, 0.1) is 24.4 Å². The Morgan fingerprint density at radius 2 is 1.95 bits per heavy atom. The summed E-state index contributed by atoms with van der Waals surface area (Å²) in [5.41, 5.74) is 1.42. The summed E-state index contributed by atoms with van der Waals surface area (Å²) < 4.78 is 5.00. The molecule has 20 heavy (non-hydrogen) atoms. The number of amides is 1. The van der Waals surface area contributed by atoms with E-state index in [4.69, 9.17) is 4.74 Å². The molecular weight excluding hydrogens is 252 g/mol. The van der Waals surface area contributed by atoms with Gasteiger partial charge in [-0.1, -0.05) is 30.3 Å². The van der Waals surface area contributed by atoms with E-state index in [0.717, 1.165) is 18.4 Å². The first-order chi connectivity index (χ1) is 9.74. The summed E-state index contributed by atoms with van der Waals surface area (Å²) in [7, 11) is 1.56. The van der Waals surface area contributed by atoms with Gasteiger partial charge in [0.25, 0.3) is 0 Å². The zero-order valence-corrected chi connectivity index (χ0v) is 11.3. The van der Waals surface area contributed by atoms with Gasteiger partial charge in [-0.3, -0.25) is 4.79 Å². The van der Waals surface area contributed by atoms with Crippen LogP contribution in [0.1, 0.15) is 18.4 Å². The Bertz CT molecular complexity index is 604. The van der Waals surface area contributed by atoms with E-state index in [1.807, 2.05) is 30.3 Å². The van der Waals surface area contributed by atoms with Gasteiger partial charge in [0, 0.05) is 6.07 Å². The molecule has 102 valence electrons. The fourth-order valence-electron chi connectivity index (χ4n) is 2.35. The zero-order valence-electron chi connectivity index (χ0n) is 11.3. The highest BCUT2D eigenvalue weighted by Crippen LogP contribution is 2.48. The molecule has 1 aliphatic rings. The number of aromatic nitrogens is 1. The summed E-state index contributed by atoms with van der Waals surface area (Å²) in [6.07, 6.45) is 3.40. The molecule has 4 heteroatoms. The number of benzene rings is 1. The van der Waals surface area contributed by atoms with Crippen molar-refractivity contribution >= 4 is 11.6 Å². The fourth-order valence-corrected chi connectivity index (χ4v) is 2.35. The first kappa shape index (κ1) is 12.7. The summed E-state index contributed by atoms with van der Waals surface area (Å²) >= 11 is 0. The number of rotatable bonds is 4. The van der Waals surface area contributed by atoms with Gasteiger partial charge < -0.3 is 10.1 Å². The van der Waals surface area contributed by atoms with Crippen LogP contribution in [0.25, 0.3) is 0 Å². The Morgan fingerprint density at radius 3 is 2.50 bits per heavy atom. The number of nitrogens with one attached hydrogen (secondary N) is 1. The van der Waals surface area contributed by atoms with Gasteiger partial charge in [-0.25, -0.2) is 4.98 Å². The number of hydrogen-bond acceptors (Lipinski definition) is 3. The maximum atomic E-state index is 12.5. The van der Waals surface area contributed by atoms with Gasteiger partial charge in [0.1, 0.15) is 0 Å². The molecule has 0 unspecified atom stereocenters. The third-order valence-electron chi connectivity index (χ3n) is 3.71. The van der Waals surface area contributed by atoms with Crippen LogP contribution in [0.5, 0.6) is 5.88 Å². The van der Waals surface area contributed by atoms with Crippen molar-refractivity contribution in [3.05, 3.63) is 54.2 Å². The normalized spacial score (nSPS) is 15.4. The van der Waals surface area contributed by atoms with E-state index in [-0.39, 0.29) is 11.3 Å². The average molecular weight is 268 g/mol. The quantitative estimate of drug-likeness (QED) is 0.927. The van der Waals surface area contributed by atoms with E-state index < -0.39 is 0 Å². The van der Waals surface area contributed by atoms with Gasteiger partial charge in [-0.2, -0.15) is 0 Å². The van der Waals surface area contributed by atoms with Gasteiger partial charge in [0.15, 0.2) is 0 Å². The molecule has 2 aromatic rings. The van der Waals surface area contributed by atoms with Crippen LogP contribution in [0.2, 0.25) is 0 Å². The molecule has 0 aliphatic heterocycles. The SMILES string of the molecule is COc1ccc(NC(=O)C2(c3ccccc3)CC2)cn1. The summed E-state index contributed by atoms with van der Waals surface area (Å²) in [6, 6.07) is 13.5.